The smallest absolute Gasteiger partial charge is 0.215 e. The molecule has 0 atom stereocenters. The fourth-order valence-corrected chi connectivity index (χ4v) is 3.67. The molecule has 0 saturated carbocycles. The van der Waals surface area contributed by atoms with Gasteiger partial charge in [0.25, 0.3) is 0 Å². The van der Waals surface area contributed by atoms with Crippen molar-refractivity contribution in [2.45, 2.75) is 25.1 Å². The normalized spacial score (nSPS) is 12.0. The van der Waals surface area contributed by atoms with Crippen molar-refractivity contribution in [1.29, 1.82) is 0 Å². The molecule has 0 amide bonds. The Balaban J connectivity index is 1.41. The number of furan rings is 1. The molecule has 0 aliphatic rings. The van der Waals surface area contributed by atoms with Crippen LogP contribution < -0.4 is 11.3 Å². The molecule has 2 N–H and O–H groups in total. The Kier molecular flexibility index (Phi) is 7.95. The van der Waals surface area contributed by atoms with Gasteiger partial charge in [0.05, 0.1) is 18.6 Å². The lowest BCUT2D eigenvalue weighted by Gasteiger charge is -2.05. The average molecular weight is 413 g/mol. The van der Waals surface area contributed by atoms with E-state index in [1.807, 2.05) is 44.2 Å². The van der Waals surface area contributed by atoms with Crippen molar-refractivity contribution in [2.24, 2.45) is 4.99 Å². The molecule has 3 heterocycles. The molecular formula is C22H28N4O2S. The van der Waals surface area contributed by atoms with E-state index >= 15 is 0 Å². The molecule has 29 heavy (non-hydrogen) atoms. The first-order valence-corrected chi connectivity index (χ1v) is 10.8. The van der Waals surface area contributed by atoms with Crippen LogP contribution in [0.25, 0.3) is 0 Å². The maximum atomic E-state index is 6.16. The highest BCUT2D eigenvalue weighted by Crippen LogP contribution is 2.17. The van der Waals surface area contributed by atoms with Crippen LogP contribution >= 0.6 is 11.8 Å². The van der Waals surface area contributed by atoms with E-state index < -0.39 is 0 Å². The Morgan fingerprint density at radius 1 is 1.21 bits per heavy atom. The van der Waals surface area contributed by atoms with Crippen LogP contribution in [0.5, 0.6) is 0 Å². The molecule has 6 nitrogen and oxygen atoms in total. The minimum absolute atomic E-state index is 0.571. The van der Waals surface area contributed by atoms with Gasteiger partial charge in [-0.05, 0) is 50.0 Å². The number of nitrogens with zero attached hydrogens (tertiary/aromatic N) is 3. The topological polar surface area (TPSA) is 80.8 Å². The molecule has 0 fully saturated rings. The van der Waals surface area contributed by atoms with Gasteiger partial charge in [-0.25, -0.2) is 0 Å². The van der Waals surface area contributed by atoms with Crippen LogP contribution in [0, 0.1) is 0 Å². The van der Waals surface area contributed by atoms with Crippen molar-refractivity contribution in [3.8, 4) is 0 Å². The van der Waals surface area contributed by atoms with Gasteiger partial charge in [0.1, 0.15) is 11.5 Å². The average Bonchev–Trinajstić information content (AvgIpc) is 3.14. The summed E-state index contributed by atoms with van der Waals surface area (Å²) in [7, 11) is 4.07. The van der Waals surface area contributed by atoms with Crippen molar-refractivity contribution >= 4 is 17.4 Å². The molecule has 7 heteroatoms. The molecule has 0 unspecified atom stereocenters. The zero-order valence-corrected chi connectivity index (χ0v) is 17.8. The highest BCUT2D eigenvalue weighted by Gasteiger charge is 2.04. The maximum absolute atomic E-state index is 6.16. The number of anilines is 1. The molecule has 0 bridgehead atoms. The summed E-state index contributed by atoms with van der Waals surface area (Å²) in [5, 5.41) is 0. The number of hydrogen-bond donors (Lipinski definition) is 1. The fraction of sp³-hybridized carbons (Fsp3) is 0.364. The largest absolute Gasteiger partial charge is 0.464 e. The molecule has 154 valence electrons. The van der Waals surface area contributed by atoms with Gasteiger partial charge >= 0.3 is 0 Å². The summed E-state index contributed by atoms with van der Waals surface area (Å²) in [6.45, 7) is 1.54. The van der Waals surface area contributed by atoms with Crippen LogP contribution in [0.1, 0.15) is 29.1 Å². The van der Waals surface area contributed by atoms with E-state index in [-0.39, 0.29) is 0 Å². The van der Waals surface area contributed by atoms with Gasteiger partial charge in [0.15, 0.2) is 0 Å². The predicted octanol–water partition coefficient (Wildman–Crippen LogP) is 3.73. The Morgan fingerprint density at radius 3 is 2.83 bits per heavy atom. The van der Waals surface area contributed by atoms with E-state index in [0.717, 1.165) is 47.1 Å². The lowest BCUT2D eigenvalue weighted by atomic mass is 10.1. The molecular weight excluding hydrogens is 384 g/mol. The highest BCUT2D eigenvalue weighted by atomic mass is 32.2. The number of rotatable bonds is 10. The van der Waals surface area contributed by atoms with Crippen LogP contribution in [0.15, 0.2) is 62.8 Å². The van der Waals surface area contributed by atoms with Crippen molar-refractivity contribution in [3.63, 3.8) is 0 Å². The van der Waals surface area contributed by atoms with E-state index in [2.05, 4.69) is 27.0 Å². The van der Waals surface area contributed by atoms with Crippen LogP contribution in [-0.2, 0) is 18.7 Å². The second-order valence-electron chi connectivity index (χ2n) is 7.13. The second-order valence-corrected chi connectivity index (χ2v) is 8.24. The standard InChI is InChI=1S/C22H28N4O2S/c1-26(2)14-19-6-7-20(28-19)16-29-10-4-9-25-22-12-21(23)18(15-27-22)11-17-5-3-8-24-13-17/h3,5-8,12-13,15H,4,9-11,14,16,23H2,1-2H3. The van der Waals surface area contributed by atoms with Crippen LogP contribution in [0.4, 0.5) is 5.69 Å². The monoisotopic (exact) mass is 412 g/mol. The zero-order valence-electron chi connectivity index (χ0n) is 17.0. The van der Waals surface area contributed by atoms with Gasteiger partial charge in [-0.2, -0.15) is 11.8 Å². The molecule has 0 aromatic carbocycles. The third kappa shape index (κ3) is 7.11. The highest BCUT2D eigenvalue weighted by molar-refractivity contribution is 7.98. The van der Waals surface area contributed by atoms with Crippen molar-refractivity contribution in [2.75, 3.05) is 32.1 Å². The van der Waals surface area contributed by atoms with E-state index in [1.165, 1.54) is 0 Å². The quantitative estimate of drug-likeness (QED) is 0.511. The Bertz CT molecular complexity index is 951. The lowest BCUT2D eigenvalue weighted by Crippen LogP contribution is -2.09. The first-order valence-electron chi connectivity index (χ1n) is 9.67. The van der Waals surface area contributed by atoms with Crippen molar-refractivity contribution in [1.82, 2.24) is 9.88 Å². The van der Waals surface area contributed by atoms with Gasteiger partial charge in [-0.15, -0.1) is 0 Å². The first kappa shape index (κ1) is 21.2. The number of pyridine rings is 1. The van der Waals surface area contributed by atoms with E-state index in [1.54, 1.807) is 18.5 Å². The van der Waals surface area contributed by atoms with Crippen molar-refractivity contribution < 1.29 is 8.83 Å². The van der Waals surface area contributed by atoms with E-state index in [9.17, 15) is 0 Å². The summed E-state index contributed by atoms with van der Waals surface area (Å²) in [5.74, 6) is 3.93. The number of aromatic nitrogens is 1. The van der Waals surface area contributed by atoms with E-state index in [4.69, 9.17) is 14.6 Å². The van der Waals surface area contributed by atoms with E-state index in [0.29, 0.717) is 24.2 Å². The Morgan fingerprint density at radius 2 is 2.07 bits per heavy atom. The van der Waals surface area contributed by atoms with Gasteiger partial charge in [0, 0.05) is 42.7 Å². The van der Waals surface area contributed by atoms with Gasteiger partial charge in [-0.3, -0.25) is 9.98 Å². The second kappa shape index (κ2) is 10.9. The number of nitrogen functional groups attached to an aromatic ring is 1. The molecule has 0 aliphatic heterocycles. The zero-order chi connectivity index (χ0) is 20.5. The van der Waals surface area contributed by atoms with Crippen LogP contribution in [-0.4, -0.2) is 36.3 Å². The molecule has 0 saturated heterocycles. The summed E-state index contributed by atoms with van der Waals surface area (Å²) >= 11 is 1.85. The predicted molar refractivity (Wildman–Crippen MR) is 117 cm³/mol. The molecule has 0 aliphatic carbocycles. The summed E-state index contributed by atoms with van der Waals surface area (Å²) in [6.07, 6.45) is 6.96. The minimum atomic E-state index is 0.571. The fourth-order valence-electron chi connectivity index (χ4n) is 2.83. The molecule has 0 radical (unpaired) electrons. The van der Waals surface area contributed by atoms with Gasteiger partial charge in [-0.1, -0.05) is 6.07 Å². The van der Waals surface area contributed by atoms with Crippen LogP contribution in [0.3, 0.4) is 0 Å². The first-order chi connectivity index (χ1) is 14.1. The third-order valence-corrected chi connectivity index (χ3v) is 5.30. The maximum Gasteiger partial charge on any atom is 0.215 e. The summed E-state index contributed by atoms with van der Waals surface area (Å²) in [4.78, 5) is 10.7. The third-order valence-electron chi connectivity index (χ3n) is 4.24. The summed E-state index contributed by atoms with van der Waals surface area (Å²) < 4.78 is 11.4. The molecule has 0 spiro atoms. The number of thioether (sulfide) groups is 1. The van der Waals surface area contributed by atoms with Gasteiger partial charge < -0.3 is 19.5 Å². The molecule has 3 rings (SSSR count). The van der Waals surface area contributed by atoms with Crippen molar-refractivity contribution in [3.05, 3.63) is 77.2 Å². The Hall–Kier alpha value is -2.51. The summed E-state index contributed by atoms with van der Waals surface area (Å²) in [6, 6.07) is 9.85. The van der Waals surface area contributed by atoms with Crippen LogP contribution in [0.2, 0.25) is 0 Å². The number of hydrogen-bond acceptors (Lipinski definition) is 7. The molecule has 3 aromatic rings. The van der Waals surface area contributed by atoms with Gasteiger partial charge in [0.2, 0.25) is 5.55 Å². The number of nitrogens with two attached hydrogens (primary N) is 1. The Labute approximate surface area is 175 Å². The molecule has 3 aromatic heterocycles. The lowest BCUT2D eigenvalue weighted by molar-refractivity contribution is 0.344. The SMILES string of the molecule is CN(C)Cc1ccc(CSCCCN=c2cc(N)c(Cc3cccnc3)co2)o1. The minimum Gasteiger partial charge on any atom is -0.464 e. The summed E-state index contributed by atoms with van der Waals surface area (Å²) in [5.41, 5.74) is 9.47.